The molecule has 4 aromatic rings. The van der Waals surface area contributed by atoms with Crippen LogP contribution in [0.3, 0.4) is 0 Å². The van der Waals surface area contributed by atoms with Gasteiger partial charge in [-0.05, 0) is 48.4 Å². The Morgan fingerprint density at radius 3 is 2.58 bits per heavy atom. The second kappa shape index (κ2) is 11.2. The predicted molar refractivity (Wildman–Crippen MR) is 142 cm³/mol. The number of hydrogen-bond acceptors (Lipinski definition) is 6. The minimum Gasteiger partial charge on any atom is -0.375 e. The third-order valence-electron chi connectivity index (χ3n) is 5.62. The smallest absolute Gasteiger partial charge is 0.257 e. The van der Waals surface area contributed by atoms with Crippen molar-refractivity contribution < 1.29 is 14.3 Å². The molecule has 0 aliphatic heterocycles. The van der Waals surface area contributed by atoms with Gasteiger partial charge in [-0.15, -0.1) is 0 Å². The number of halogens is 1. The molecule has 0 spiro atoms. The third kappa shape index (κ3) is 5.62. The number of amides is 2. The average molecular weight is 504 g/mol. The van der Waals surface area contributed by atoms with Gasteiger partial charge in [0.1, 0.15) is 12.4 Å². The summed E-state index contributed by atoms with van der Waals surface area (Å²) < 4.78 is 4.81. The number of rotatable bonds is 8. The molecule has 4 rings (SSSR count). The van der Waals surface area contributed by atoms with Crippen LogP contribution in [0.15, 0.2) is 60.7 Å². The van der Waals surface area contributed by atoms with Gasteiger partial charge in [-0.1, -0.05) is 41.9 Å². The van der Waals surface area contributed by atoms with Crippen LogP contribution in [-0.2, 0) is 16.1 Å². The molecule has 0 bridgehead atoms. The van der Waals surface area contributed by atoms with Gasteiger partial charge in [0.2, 0.25) is 5.91 Å². The van der Waals surface area contributed by atoms with E-state index >= 15 is 0 Å². The van der Waals surface area contributed by atoms with Crippen LogP contribution in [0.5, 0.6) is 0 Å². The molecule has 0 fully saturated rings. The van der Waals surface area contributed by atoms with Crippen molar-refractivity contribution in [2.45, 2.75) is 13.5 Å². The molecule has 3 N–H and O–H groups in total. The monoisotopic (exact) mass is 503 g/mol. The van der Waals surface area contributed by atoms with Crippen LogP contribution in [0.1, 0.15) is 21.5 Å². The summed E-state index contributed by atoms with van der Waals surface area (Å²) in [5.74, 6) is 0.677. The highest BCUT2D eigenvalue weighted by molar-refractivity contribution is 6.34. The van der Waals surface area contributed by atoms with Crippen LogP contribution in [0, 0.1) is 6.92 Å². The number of carbonyl (C=O) groups excluding carboxylic acids is 2. The van der Waals surface area contributed by atoms with E-state index in [1.54, 1.807) is 30.3 Å². The third-order valence-corrected chi connectivity index (χ3v) is 5.95. The maximum absolute atomic E-state index is 13.1. The zero-order chi connectivity index (χ0) is 25.7. The Morgan fingerprint density at radius 1 is 1.03 bits per heavy atom. The number of anilines is 2. The number of carbonyl (C=O) groups is 2. The molecule has 0 unspecified atom stereocenters. The molecule has 184 valence electrons. The molecule has 1 aromatic heterocycles. The first-order valence-electron chi connectivity index (χ1n) is 11.3. The number of nitrogens with zero attached hydrogens (tertiary/aromatic N) is 2. The summed E-state index contributed by atoms with van der Waals surface area (Å²) in [5.41, 5.74) is 4.30. The topological polar surface area (TPSA) is 105 Å². The van der Waals surface area contributed by atoms with Gasteiger partial charge < -0.3 is 20.7 Å². The fourth-order valence-electron chi connectivity index (χ4n) is 3.78. The van der Waals surface area contributed by atoms with E-state index in [1.807, 2.05) is 44.3 Å². The molecule has 0 aliphatic carbocycles. The lowest BCUT2D eigenvalue weighted by atomic mass is 10.1. The second-order valence-corrected chi connectivity index (χ2v) is 8.58. The van der Waals surface area contributed by atoms with Crippen LogP contribution in [0.25, 0.3) is 22.3 Å². The van der Waals surface area contributed by atoms with E-state index in [1.165, 1.54) is 7.11 Å². The Labute approximate surface area is 214 Å². The largest absolute Gasteiger partial charge is 0.375 e. The maximum atomic E-state index is 13.1. The number of fused-ring (bicyclic) bond motifs is 1. The number of aromatic nitrogens is 2. The fraction of sp³-hybridized carbons (Fsp3) is 0.185. The summed E-state index contributed by atoms with van der Waals surface area (Å²) in [7, 11) is 3.26. The number of hydrogen-bond donors (Lipinski definition) is 3. The van der Waals surface area contributed by atoms with E-state index in [-0.39, 0.29) is 25.0 Å². The Morgan fingerprint density at radius 2 is 1.83 bits per heavy atom. The average Bonchev–Trinajstić information content (AvgIpc) is 2.87. The molecule has 0 aliphatic rings. The predicted octanol–water partition coefficient (Wildman–Crippen LogP) is 4.82. The highest BCUT2D eigenvalue weighted by Gasteiger charge is 2.15. The summed E-state index contributed by atoms with van der Waals surface area (Å²) in [4.78, 5) is 34.2. The number of aryl methyl sites for hydroxylation is 1. The van der Waals surface area contributed by atoms with Gasteiger partial charge in [0, 0.05) is 37.3 Å². The zero-order valence-corrected chi connectivity index (χ0v) is 20.9. The standard InChI is InChI=1S/C27H26ClN5O3/c1-16-6-4-5-7-19(16)26-32-23-13-18(9-10-20(23)25(29-2)33-26)31-27(35)21-12-17(8-11-22(21)28)14-30-24(34)15-36-3/h4-13H,14-15H2,1-3H3,(H,30,34)(H,31,35)(H,29,32,33). The first kappa shape index (κ1) is 25.1. The molecule has 36 heavy (non-hydrogen) atoms. The van der Waals surface area contributed by atoms with Gasteiger partial charge in [-0.2, -0.15) is 0 Å². The summed E-state index contributed by atoms with van der Waals surface area (Å²) in [5, 5.41) is 9.90. The van der Waals surface area contributed by atoms with E-state index in [0.29, 0.717) is 33.4 Å². The van der Waals surface area contributed by atoms with Crippen molar-refractivity contribution in [1.82, 2.24) is 15.3 Å². The molecule has 0 atom stereocenters. The first-order chi connectivity index (χ1) is 17.4. The zero-order valence-electron chi connectivity index (χ0n) is 20.2. The van der Waals surface area contributed by atoms with Gasteiger partial charge in [0.15, 0.2) is 5.82 Å². The Kier molecular flexibility index (Phi) is 7.77. The highest BCUT2D eigenvalue weighted by Crippen LogP contribution is 2.29. The first-order valence-corrected chi connectivity index (χ1v) is 11.7. The van der Waals surface area contributed by atoms with Gasteiger partial charge in [0.25, 0.3) is 5.91 Å². The minimum atomic E-state index is -0.369. The lowest BCUT2D eigenvalue weighted by molar-refractivity contribution is -0.124. The molecular weight excluding hydrogens is 478 g/mol. The van der Waals surface area contributed by atoms with Gasteiger partial charge >= 0.3 is 0 Å². The lowest BCUT2D eigenvalue weighted by Gasteiger charge is -2.12. The van der Waals surface area contributed by atoms with Crippen molar-refractivity contribution in [3.05, 3.63) is 82.4 Å². The Balaban J connectivity index is 1.61. The summed E-state index contributed by atoms with van der Waals surface area (Å²) in [6.07, 6.45) is 0. The van der Waals surface area contributed by atoms with Gasteiger partial charge in [-0.25, -0.2) is 9.97 Å². The van der Waals surface area contributed by atoms with E-state index in [2.05, 4.69) is 20.9 Å². The van der Waals surface area contributed by atoms with Crippen LogP contribution < -0.4 is 16.0 Å². The van der Waals surface area contributed by atoms with Crippen LogP contribution >= 0.6 is 11.6 Å². The van der Waals surface area contributed by atoms with Crippen LogP contribution in [-0.4, -0.2) is 42.5 Å². The fourth-order valence-corrected chi connectivity index (χ4v) is 3.98. The van der Waals surface area contributed by atoms with E-state index < -0.39 is 0 Å². The number of nitrogens with one attached hydrogen (secondary N) is 3. The summed E-state index contributed by atoms with van der Waals surface area (Å²) in [6.45, 7) is 2.23. The molecule has 3 aromatic carbocycles. The molecule has 0 radical (unpaired) electrons. The summed E-state index contributed by atoms with van der Waals surface area (Å²) in [6, 6.07) is 18.4. The summed E-state index contributed by atoms with van der Waals surface area (Å²) >= 11 is 6.31. The van der Waals surface area contributed by atoms with Crippen LogP contribution in [0.2, 0.25) is 5.02 Å². The molecule has 2 amide bonds. The normalized spacial score (nSPS) is 10.8. The number of methoxy groups -OCH3 is 1. The minimum absolute atomic E-state index is 0.0345. The lowest BCUT2D eigenvalue weighted by Crippen LogP contribution is -2.26. The van der Waals surface area contributed by atoms with Crippen molar-refractivity contribution in [3.8, 4) is 11.4 Å². The SMILES string of the molecule is CNc1nc(-c2ccccc2C)nc2cc(NC(=O)c3cc(CNC(=O)COC)ccc3Cl)ccc12. The van der Waals surface area contributed by atoms with Crippen LogP contribution in [0.4, 0.5) is 11.5 Å². The van der Waals surface area contributed by atoms with Gasteiger partial charge in [-0.3, -0.25) is 9.59 Å². The Bertz CT molecular complexity index is 1440. The quantitative estimate of drug-likeness (QED) is 0.318. The van der Waals surface area contributed by atoms with Crippen molar-refractivity contribution in [1.29, 1.82) is 0 Å². The maximum Gasteiger partial charge on any atom is 0.257 e. The highest BCUT2D eigenvalue weighted by atomic mass is 35.5. The Hall–Kier alpha value is -4.01. The molecule has 9 heteroatoms. The van der Waals surface area contributed by atoms with E-state index in [4.69, 9.17) is 21.3 Å². The van der Waals surface area contributed by atoms with E-state index in [9.17, 15) is 9.59 Å². The van der Waals surface area contributed by atoms with Gasteiger partial charge in [0.05, 0.1) is 16.1 Å². The number of ether oxygens (including phenoxy) is 1. The molecule has 0 saturated heterocycles. The van der Waals surface area contributed by atoms with Crippen molar-refractivity contribution in [2.24, 2.45) is 0 Å². The second-order valence-electron chi connectivity index (χ2n) is 8.17. The molecule has 8 nitrogen and oxygen atoms in total. The molecular formula is C27H26ClN5O3. The molecule has 1 heterocycles. The van der Waals surface area contributed by atoms with Crippen molar-refractivity contribution >= 4 is 45.8 Å². The van der Waals surface area contributed by atoms with Crippen molar-refractivity contribution in [3.63, 3.8) is 0 Å². The van der Waals surface area contributed by atoms with Crippen molar-refractivity contribution in [2.75, 3.05) is 31.4 Å². The number of benzene rings is 3. The van der Waals surface area contributed by atoms with E-state index in [0.717, 1.165) is 22.1 Å². The molecule has 0 saturated carbocycles.